The Labute approximate surface area is 96.7 Å². The van der Waals surface area contributed by atoms with Crippen molar-refractivity contribution < 1.29 is 5.11 Å². The van der Waals surface area contributed by atoms with Gasteiger partial charge in [-0.2, -0.15) is 0 Å². The number of imidazole rings is 1. The summed E-state index contributed by atoms with van der Waals surface area (Å²) in [5, 5.41) is 13.2. The molecule has 0 radical (unpaired) electrons. The summed E-state index contributed by atoms with van der Waals surface area (Å²) in [7, 11) is 2.01. The van der Waals surface area contributed by atoms with Gasteiger partial charge in [0.15, 0.2) is 0 Å². The van der Waals surface area contributed by atoms with E-state index in [1.165, 1.54) is 12.8 Å². The monoisotopic (exact) mass is 223 g/mol. The van der Waals surface area contributed by atoms with Gasteiger partial charge in [0.1, 0.15) is 5.82 Å². The Bertz CT molecular complexity index is 324. The van der Waals surface area contributed by atoms with Gasteiger partial charge >= 0.3 is 0 Å². The number of hydrogen-bond acceptors (Lipinski definition) is 3. The van der Waals surface area contributed by atoms with Crippen molar-refractivity contribution in [2.45, 2.75) is 44.2 Å². The molecule has 1 heterocycles. The van der Waals surface area contributed by atoms with Crippen molar-refractivity contribution in [2.75, 3.05) is 6.54 Å². The molecule has 2 rings (SSSR count). The lowest BCUT2D eigenvalue weighted by atomic mass is 9.92. The van der Waals surface area contributed by atoms with Crippen LogP contribution >= 0.6 is 0 Å². The summed E-state index contributed by atoms with van der Waals surface area (Å²) in [6, 6.07) is 0.286. The summed E-state index contributed by atoms with van der Waals surface area (Å²) in [6.07, 6.45) is 9.00. The highest BCUT2D eigenvalue weighted by atomic mass is 16.3. The number of nitrogens with zero attached hydrogens (tertiary/aromatic N) is 2. The third-order valence-electron chi connectivity index (χ3n) is 3.41. The van der Waals surface area contributed by atoms with Crippen molar-refractivity contribution in [3.05, 3.63) is 18.2 Å². The Hall–Kier alpha value is -0.870. The lowest BCUT2D eigenvalue weighted by molar-refractivity contribution is 0.0913. The molecule has 0 bridgehead atoms. The van der Waals surface area contributed by atoms with Crippen molar-refractivity contribution >= 4 is 0 Å². The maximum atomic E-state index is 9.80. The zero-order chi connectivity index (χ0) is 11.4. The summed E-state index contributed by atoms with van der Waals surface area (Å²) in [5.74, 6) is 1.10. The lowest BCUT2D eigenvalue weighted by Crippen LogP contribution is -2.42. The van der Waals surface area contributed by atoms with Gasteiger partial charge in [-0.1, -0.05) is 12.8 Å². The van der Waals surface area contributed by atoms with Gasteiger partial charge < -0.3 is 15.0 Å². The average Bonchev–Trinajstić information content (AvgIpc) is 2.67. The summed E-state index contributed by atoms with van der Waals surface area (Å²) < 4.78 is 2.04. The molecule has 4 heteroatoms. The summed E-state index contributed by atoms with van der Waals surface area (Å²) in [4.78, 5) is 4.28. The number of nitrogens with one attached hydrogen (secondary N) is 1. The first kappa shape index (κ1) is 11.6. The van der Waals surface area contributed by atoms with Crippen LogP contribution < -0.4 is 5.32 Å². The molecule has 1 aliphatic rings. The van der Waals surface area contributed by atoms with E-state index in [0.29, 0.717) is 0 Å². The Morgan fingerprint density at radius 1 is 1.50 bits per heavy atom. The van der Waals surface area contributed by atoms with Crippen molar-refractivity contribution in [1.29, 1.82) is 0 Å². The highest BCUT2D eigenvalue weighted by Gasteiger charge is 2.21. The van der Waals surface area contributed by atoms with Crippen LogP contribution in [0.3, 0.4) is 0 Å². The van der Waals surface area contributed by atoms with Crippen LogP contribution in [0, 0.1) is 0 Å². The first-order valence-corrected chi connectivity index (χ1v) is 6.15. The fourth-order valence-electron chi connectivity index (χ4n) is 2.36. The molecular formula is C12H21N3O. The number of rotatable bonds is 4. The summed E-state index contributed by atoms with van der Waals surface area (Å²) in [5.41, 5.74) is 0. The van der Waals surface area contributed by atoms with Gasteiger partial charge in [-0.3, -0.25) is 0 Å². The van der Waals surface area contributed by atoms with E-state index in [-0.39, 0.29) is 12.1 Å². The normalized spacial score (nSPS) is 25.9. The van der Waals surface area contributed by atoms with Crippen LogP contribution in [0.5, 0.6) is 0 Å². The molecule has 0 unspecified atom stereocenters. The molecule has 0 saturated heterocycles. The molecule has 1 aliphatic carbocycles. The Morgan fingerprint density at radius 3 is 3.00 bits per heavy atom. The minimum Gasteiger partial charge on any atom is -0.392 e. The number of aryl methyl sites for hydroxylation is 1. The lowest BCUT2D eigenvalue weighted by Gasteiger charge is -2.28. The van der Waals surface area contributed by atoms with Gasteiger partial charge in [0.25, 0.3) is 0 Å². The maximum Gasteiger partial charge on any atom is 0.109 e. The Balaban J connectivity index is 1.73. The minimum atomic E-state index is -0.157. The first-order valence-electron chi connectivity index (χ1n) is 6.15. The SMILES string of the molecule is Cn1ccnc1CCN[C@H]1CCCC[C@@H]1O. The van der Waals surface area contributed by atoms with Crippen molar-refractivity contribution in [3.63, 3.8) is 0 Å². The number of aliphatic hydroxyl groups is 1. The molecule has 90 valence electrons. The second-order valence-corrected chi connectivity index (χ2v) is 4.62. The van der Waals surface area contributed by atoms with Crippen LogP contribution in [-0.2, 0) is 13.5 Å². The highest BCUT2D eigenvalue weighted by molar-refractivity contribution is 4.92. The first-order chi connectivity index (χ1) is 7.77. The number of aliphatic hydroxyl groups excluding tert-OH is 1. The van der Waals surface area contributed by atoms with E-state index < -0.39 is 0 Å². The molecule has 0 spiro atoms. The third-order valence-corrected chi connectivity index (χ3v) is 3.41. The summed E-state index contributed by atoms with van der Waals surface area (Å²) in [6.45, 7) is 0.895. The van der Waals surface area contributed by atoms with Crippen molar-refractivity contribution in [3.8, 4) is 0 Å². The molecule has 0 aromatic carbocycles. The second kappa shape index (κ2) is 5.46. The van der Waals surface area contributed by atoms with E-state index in [1.54, 1.807) is 0 Å². The fourth-order valence-corrected chi connectivity index (χ4v) is 2.36. The van der Waals surface area contributed by atoms with E-state index in [0.717, 1.165) is 31.6 Å². The maximum absolute atomic E-state index is 9.80. The van der Waals surface area contributed by atoms with Crippen LogP contribution in [0.2, 0.25) is 0 Å². The van der Waals surface area contributed by atoms with Gasteiger partial charge in [-0.15, -0.1) is 0 Å². The van der Waals surface area contributed by atoms with E-state index in [1.807, 2.05) is 24.0 Å². The van der Waals surface area contributed by atoms with Crippen molar-refractivity contribution in [1.82, 2.24) is 14.9 Å². The quantitative estimate of drug-likeness (QED) is 0.796. The average molecular weight is 223 g/mol. The molecule has 1 aromatic rings. The molecule has 2 N–H and O–H groups in total. The molecule has 1 fully saturated rings. The van der Waals surface area contributed by atoms with E-state index in [9.17, 15) is 5.11 Å². The molecule has 1 saturated carbocycles. The second-order valence-electron chi connectivity index (χ2n) is 4.62. The largest absolute Gasteiger partial charge is 0.392 e. The van der Waals surface area contributed by atoms with Gasteiger partial charge in [0.2, 0.25) is 0 Å². The molecule has 1 aromatic heterocycles. The van der Waals surface area contributed by atoms with Crippen LogP contribution in [0.25, 0.3) is 0 Å². The summed E-state index contributed by atoms with van der Waals surface area (Å²) >= 11 is 0. The Morgan fingerprint density at radius 2 is 2.31 bits per heavy atom. The van der Waals surface area contributed by atoms with Crippen LogP contribution in [-0.4, -0.2) is 33.3 Å². The predicted octanol–water partition coefficient (Wildman–Crippen LogP) is 0.856. The molecule has 16 heavy (non-hydrogen) atoms. The Kier molecular flexibility index (Phi) is 3.96. The van der Waals surface area contributed by atoms with Gasteiger partial charge in [-0.05, 0) is 12.8 Å². The standard InChI is InChI=1S/C12H21N3O/c1-15-9-8-14-12(15)6-7-13-10-4-2-3-5-11(10)16/h8-11,13,16H,2-7H2,1H3/t10-,11-/m0/s1. The zero-order valence-corrected chi connectivity index (χ0v) is 9.89. The van der Waals surface area contributed by atoms with E-state index in [4.69, 9.17) is 0 Å². The molecular weight excluding hydrogens is 202 g/mol. The third kappa shape index (κ3) is 2.83. The van der Waals surface area contributed by atoms with E-state index in [2.05, 4.69) is 10.3 Å². The number of hydrogen-bond donors (Lipinski definition) is 2. The smallest absolute Gasteiger partial charge is 0.109 e. The predicted molar refractivity (Wildman–Crippen MR) is 63.2 cm³/mol. The zero-order valence-electron chi connectivity index (χ0n) is 9.89. The van der Waals surface area contributed by atoms with Crippen LogP contribution in [0.15, 0.2) is 12.4 Å². The molecule has 0 amide bonds. The van der Waals surface area contributed by atoms with Gasteiger partial charge in [-0.25, -0.2) is 4.98 Å². The van der Waals surface area contributed by atoms with Crippen LogP contribution in [0.1, 0.15) is 31.5 Å². The van der Waals surface area contributed by atoms with Crippen molar-refractivity contribution in [2.24, 2.45) is 7.05 Å². The fraction of sp³-hybridized carbons (Fsp3) is 0.750. The highest BCUT2D eigenvalue weighted by Crippen LogP contribution is 2.18. The molecule has 4 nitrogen and oxygen atoms in total. The van der Waals surface area contributed by atoms with Gasteiger partial charge in [0.05, 0.1) is 6.10 Å². The topological polar surface area (TPSA) is 50.1 Å². The van der Waals surface area contributed by atoms with E-state index >= 15 is 0 Å². The van der Waals surface area contributed by atoms with Gasteiger partial charge in [0, 0.05) is 38.4 Å². The number of aromatic nitrogens is 2. The van der Waals surface area contributed by atoms with Crippen LogP contribution in [0.4, 0.5) is 0 Å². The molecule has 0 aliphatic heterocycles. The minimum absolute atomic E-state index is 0.157. The molecule has 2 atom stereocenters.